The van der Waals surface area contributed by atoms with E-state index in [1.807, 2.05) is 0 Å². The molecule has 2 atom stereocenters. The molecule has 4 N–H and O–H groups in total. The van der Waals surface area contributed by atoms with E-state index >= 15 is 0 Å². The molecule has 0 amide bonds. The molecule has 0 aliphatic rings. The first-order valence-electron chi connectivity index (χ1n) is 6.19. The van der Waals surface area contributed by atoms with E-state index in [4.69, 9.17) is 11.5 Å². The monoisotopic (exact) mass is 260 g/mol. The van der Waals surface area contributed by atoms with Gasteiger partial charge in [0.1, 0.15) is 12.1 Å². The number of rotatable bonds is 9. The van der Waals surface area contributed by atoms with Gasteiger partial charge in [0.25, 0.3) is 0 Å². The van der Waals surface area contributed by atoms with Crippen LogP contribution in [0.25, 0.3) is 0 Å². The van der Waals surface area contributed by atoms with Crippen molar-refractivity contribution in [3.8, 4) is 0 Å². The molecule has 6 heteroatoms. The van der Waals surface area contributed by atoms with Gasteiger partial charge in [-0.15, -0.1) is 0 Å². The number of hydrogen-bond donors (Lipinski definition) is 2. The Balaban J connectivity index is 3.46. The van der Waals surface area contributed by atoms with Crippen molar-refractivity contribution in [3.05, 3.63) is 0 Å². The van der Waals surface area contributed by atoms with Crippen molar-refractivity contribution in [2.45, 2.75) is 50.6 Å². The highest BCUT2D eigenvalue weighted by Gasteiger charge is 2.14. The van der Waals surface area contributed by atoms with Crippen LogP contribution in [0.4, 0.5) is 0 Å². The molecule has 1 unspecified atom stereocenters. The Morgan fingerprint density at radius 3 is 1.44 bits per heavy atom. The Labute approximate surface area is 108 Å². The zero-order valence-corrected chi connectivity index (χ0v) is 11.2. The molecule has 18 heavy (non-hydrogen) atoms. The molecule has 0 saturated heterocycles. The minimum absolute atomic E-state index is 0.372. The minimum Gasteiger partial charge on any atom is -0.468 e. The van der Waals surface area contributed by atoms with Gasteiger partial charge in [0.15, 0.2) is 0 Å². The van der Waals surface area contributed by atoms with Crippen LogP contribution >= 0.6 is 0 Å². The third kappa shape index (κ3) is 7.24. The SMILES string of the molecule is COC(=O)C(N)CCCCCC[C@H](N)C(=O)OC. The van der Waals surface area contributed by atoms with Gasteiger partial charge >= 0.3 is 11.9 Å². The normalized spacial score (nSPS) is 13.8. The second-order valence-corrected chi connectivity index (χ2v) is 4.25. The van der Waals surface area contributed by atoms with Gasteiger partial charge in [0.2, 0.25) is 0 Å². The molecule has 0 aliphatic heterocycles. The molecule has 0 fully saturated rings. The van der Waals surface area contributed by atoms with E-state index in [9.17, 15) is 9.59 Å². The first-order valence-corrected chi connectivity index (χ1v) is 6.19. The molecule has 6 nitrogen and oxygen atoms in total. The van der Waals surface area contributed by atoms with Crippen molar-refractivity contribution in [2.24, 2.45) is 11.5 Å². The van der Waals surface area contributed by atoms with Crippen molar-refractivity contribution in [2.75, 3.05) is 14.2 Å². The van der Waals surface area contributed by atoms with Gasteiger partial charge in [-0.05, 0) is 12.8 Å². The average Bonchev–Trinajstić information content (AvgIpc) is 2.39. The Kier molecular flexibility index (Phi) is 9.22. The predicted molar refractivity (Wildman–Crippen MR) is 67.7 cm³/mol. The number of carbonyl (C=O) groups is 2. The number of carbonyl (C=O) groups excluding carboxylic acids is 2. The lowest BCUT2D eigenvalue weighted by atomic mass is 10.0. The molecular weight excluding hydrogens is 236 g/mol. The van der Waals surface area contributed by atoms with Gasteiger partial charge in [-0.1, -0.05) is 25.7 Å². The zero-order valence-electron chi connectivity index (χ0n) is 11.2. The fourth-order valence-electron chi connectivity index (χ4n) is 1.62. The third-order valence-corrected chi connectivity index (χ3v) is 2.79. The summed E-state index contributed by atoms with van der Waals surface area (Å²) in [6, 6.07) is -1.07. The summed E-state index contributed by atoms with van der Waals surface area (Å²) in [5.41, 5.74) is 11.2. The molecule has 0 aromatic heterocycles. The second-order valence-electron chi connectivity index (χ2n) is 4.25. The number of ether oxygens (including phenoxy) is 2. The van der Waals surface area contributed by atoms with Gasteiger partial charge in [-0.2, -0.15) is 0 Å². The largest absolute Gasteiger partial charge is 0.468 e. The summed E-state index contributed by atoms with van der Waals surface area (Å²) in [6.07, 6.45) is 4.89. The highest BCUT2D eigenvalue weighted by atomic mass is 16.5. The van der Waals surface area contributed by atoms with E-state index in [-0.39, 0.29) is 11.9 Å². The maximum atomic E-state index is 11.0. The standard InChI is InChI=1S/C12H24N2O4/c1-17-11(15)9(13)7-5-3-4-6-8-10(14)12(16)18-2/h9-10H,3-8,13-14H2,1-2H3/t9-,10?/m0/s1. The van der Waals surface area contributed by atoms with E-state index < -0.39 is 12.1 Å². The van der Waals surface area contributed by atoms with Crippen molar-refractivity contribution >= 4 is 11.9 Å². The molecular formula is C12H24N2O4. The quantitative estimate of drug-likeness (QED) is 0.457. The fraction of sp³-hybridized carbons (Fsp3) is 0.833. The van der Waals surface area contributed by atoms with Crippen molar-refractivity contribution < 1.29 is 19.1 Å². The second kappa shape index (κ2) is 9.85. The van der Waals surface area contributed by atoms with Gasteiger partial charge in [0, 0.05) is 0 Å². The van der Waals surface area contributed by atoms with Crippen LogP contribution in [-0.4, -0.2) is 38.2 Å². The molecule has 106 valence electrons. The third-order valence-electron chi connectivity index (χ3n) is 2.79. The van der Waals surface area contributed by atoms with Crippen LogP contribution in [0.1, 0.15) is 38.5 Å². The van der Waals surface area contributed by atoms with Crippen LogP contribution in [0.15, 0.2) is 0 Å². The zero-order chi connectivity index (χ0) is 14.0. The van der Waals surface area contributed by atoms with E-state index in [0.29, 0.717) is 12.8 Å². The fourth-order valence-corrected chi connectivity index (χ4v) is 1.62. The van der Waals surface area contributed by atoms with Crippen molar-refractivity contribution in [1.29, 1.82) is 0 Å². The topological polar surface area (TPSA) is 105 Å². The first kappa shape index (κ1) is 16.9. The lowest BCUT2D eigenvalue weighted by Crippen LogP contribution is -2.31. The summed E-state index contributed by atoms with van der Waals surface area (Å²) in [5.74, 6) is -0.745. The van der Waals surface area contributed by atoms with Crippen LogP contribution < -0.4 is 11.5 Å². The van der Waals surface area contributed by atoms with E-state index in [0.717, 1.165) is 25.7 Å². The van der Waals surface area contributed by atoms with E-state index in [1.165, 1.54) is 14.2 Å². The summed E-state index contributed by atoms with van der Waals surface area (Å²) >= 11 is 0. The van der Waals surface area contributed by atoms with Gasteiger partial charge < -0.3 is 20.9 Å². The summed E-state index contributed by atoms with van der Waals surface area (Å²) < 4.78 is 9.06. The number of nitrogens with two attached hydrogens (primary N) is 2. The molecule has 0 saturated carbocycles. The average molecular weight is 260 g/mol. The number of unbranched alkanes of at least 4 members (excludes halogenated alkanes) is 3. The molecule has 0 heterocycles. The lowest BCUT2D eigenvalue weighted by molar-refractivity contribution is -0.143. The molecule has 0 radical (unpaired) electrons. The van der Waals surface area contributed by atoms with E-state index in [2.05, 4.69) is 9.47 Å². The molecule has 0 rings (SSSR count). The highest BCUT2D eigenvalue weighted by Crippen LogP contribution is 2.08. The van der Waals surface area contributed by atoms with Gasteiger partial charge in [-0.3, -0.25) is 9.59 Å². The summed E-state index contributed by atoms with van der Waals surface area (Å²) in [4.78, 5) is 22.0. The lowest BCUT2D eigenvalue weighted by Gasteiger charge is -2.10. The molecule has 0 spiro atoms. The maximum Gasteiger partial charge on any atom is 0.322 e. The van der Waals surface area contributed by atoms with Crippen LogP contribution in [0.5, 0.6) is 0 Å². The van der Waals surface area contributed by atoms with Crippen LogP contribution in [0.3, 0.4) is 0 Å². The molecule has 0 aromatic carbocycles. The number of methoxy groups -OCH3 is 2. The smallest absolute Gasteiger partial charge is 0.322 e. The summed E-state index contributed by atoms with van der Waals surface area (Å²) in [7, 11) is 2.66. The Morgan fingerprint density at radius 1 is 0.833 bits per heavy atom. The number of esters is 2. The first-order chi connectivity index (χ1) is 8.52. The Bertz CT molecular complexity index is 232. The van der Waals surface area contributed by atoms with Crippen LogP contribution in [-0.2, 0) is 19.1 Å². The summed E-state index contributed by atoms with van der Waals surface area (Å²) in [5, 5.41) is 0. The molecule has 0 aliphatic carbocycles. The van der Waals surface area contributed by atoms with Crippen LogP contribution in [0, 0.1) is 0 Å². The number of hydrogen-bond acceptors (Lipinski definition) is 6. The van der Waals surface area contributed by atoms with Crippen LogP contribution in [0.2, 0.25) is 0 Å². The Morgan fingerprint density at radius 2 is 1.17 bits per heavy atom. The van der Waals surface area contributed by atoms with E-state index in [1.54, 1.807) is 0 Å². The summed E-state index contributed by atoms with van der Waals surface area (Å²) in [6.45, 7) is 0. The van der Waals surface area contributed by atoms with Gasteiger partial charge in [-0.25, -0.2) is 0 Å². The van der Waals surface area contributed by atoms with Gasteiger partial charge in [0.05, 0.1) is 14.2 Å². The Hall–Kier alpha value is -1.14. The van der Waals surface area contributed by atoms with Crippen molar-refractivity contribution in [1.82, 2.24) is 0 Å². The molecule has 0 bridgehead atoms. The molecule has 0 aromatic rings. The maximum absolute atomic E-state index is 11.0. The predicted octanol–water partition coefficient (Wildman–Crippen LogP) is 0.328. The highest BCUT2D eigenvalue weighted by molar-refractivity contribution is 5.75. The van der Waals surface area contributed by atoms with Crippen molar-refractivity contribution in [3.63, 3.8) is 0 Å². The minimum atomic E-state index is -0.535.